The number of aryl methyl sites for hydroxylation is 2. The Labute approximate surface area is 168 Å². The molecule has 30 heavy (non-hydrogen) atoms. The molecule has 0 N–H and O–H groups in total. The van der Waals surface area contributed by atoms with E-state index in [1.165, 1.54) is 6.07 Å². The first kappa shape index (κ1) is 17.8. The highest BCUT2D eigenvalue weighted by Crippen LogP contribution is 2.29. The average molecular weight is 405 g/mol. The van der Waals surface area contributed by atoms with Gasteiger partial charge in [0.1, 0.15) is 18.7 Å². The summed E-state index contributed by atoms with van der Waals surface area (Å²) in [6.07, 6.45) is 3.26. The van der Waals surface area contributed by atoms with Gasteiger partial charge in [-0.3, -0.25) is 14.8 Å². The van der Waals surface area contributed by atoms with Crippen molar-refractivity contribution in [3.8, 4) is 17.3 Å². The first-order valence-corrected chi connectivity index (χ1v) is 8.99. The molecule has 0 atom stereocenters. The number of nitrogens with zero attached hydrogens (tertiary/aromatic N) is 7. The van der Waals surface area contributed by atoms with Crippen molar-refractivity contribution in [3.05, 3.63) is 64.3 Å². The third-order valence-corrected chi connectivity index (χ3v) is 4.63. The van der Waals surface area contributed by atoms with Crippen molar-refractivity contribution in [2.45, 2.75) is 13.5 Å². The predicted octanol–water partition coefficient (Wildman–Crippen LogP) is 3.07. The Morgan fingerprint density at radius 2 is 2.10 bits per heavy atom. The Bertz CT molecular complexity index is 1420. The van der Waals surface area contributed by atoms with E-state index in [1.54, 1.807) is 60.0 Å². The van der Waals surface area contributed by atoms with Gasteiger partial charge in [0.2, 0.25) is 5.82 Å². The summed E-state index contributed by atoms with van der Waals surface area (Å²) >= 11 is 0. The first-order valence-electron chi connectivity index (χ1n) is 8.99. The normalized spacial score (nSPS) is 11.4. The van der Waals surface area contributed by atoms with Crippen LogP contribution in [0.25, 0.3) is 28.3 Å². The van der Waals surface area contributed by atoms with Gasteiger partial charge in [-0.15, -0.1) is 5.10 Å². The van der Waals surface area contributed by atoms with Crippen LogP contribution in [0.2, 0.25) is 0 Å². The van der Waals surface area contributed by atoms with E-state index in [0.29, 0.717) is 28.6 Å². The summed E-state index contributed by atoms with van der Waals surface area (Å²) in [6.45, 7) is 1.82. The number of nitro groups is 1. The van der Waals surface area contributed by atoms with Gasteiger partial charge in [-0.2, -0.15) is 5.10 Å². The molecule has 5 rings (SSSR count). The van der Waals surface area contributed by atoms with E-state index in [0.717, 1.165) is 10.9 Å². The third-order valence-electron chi connectivity index (χ3n) is 4.63. The summed E-state index contributed by atoms with van der Waals surface area (Å²) in [4.78, 5) is 19.6. The average Bonchev–Trinajstić information content (AvgIpc) is 3.44. The van der Waals surface area contributed by atoms with Crippen LogP contribution in [0, 0.1) is 17.0 Å². The first-order chi connectivity index (χ1) is 14.5. The van der Waals surface area contributed by atoms with Crippen LogP contribution in [0.3, 0.4) is 0 Å². The number of hydrogen-bond acceptors (Lipinski definition) is 8. The van der Waals surface area contributed by atoms with Crippen molar-refractivity contribution in [2.24, 2.45) is 7.05 Å². The maximum atomic E-state index is 11.2. The van der Waals surface area contributed by atoms with Crippen molar-refractivity contribution in [1.82, 2.24) is 29.4 Å². The van der Waals surface area contributed by atoms with Crippen LogP contribution < -0.4 is 4.74 Å². The van der Waals surface area contributed by atoms with Crippen molar-refractivity contribution in [1.29, 1.82) is 0 Å². The van der Waals surface area contributed by atoms with E-state index in [1.807, 2.05) is 0 Å². The minimum absolute atomic E-state index is 0.0334. The number of nitro benzene ring substituents is 1. The lowest BCUT2D eigenvalue weighted by Crippen LogP contribution is -1.98. The molecule has 0 bridgehead atoms. The SMILES string of the molecule is Cc1ccc(OCc2ccc(-c3nc4c5cnn(C)c5ncn4n3)o2)c([N+](=O)[O-])c1. The molecule has 11 nitrogen and oxygen atoms in total. The van der Waals surface area contributed by atoms with Gasteiger partial charge in [0.05, 0.1) is 16.5 Å². The minimum atomic E-state index is -0.469. The molecule has 1 aromatic carbocycles. The molecule has 150 valence electrons. The molecular formula is C19H15N7O4. The minimum Gasteiger partial charge on any atom is -0.479 e. The van der Waals surface area contributed by atoms with Gasteiger partial charge in [0.15, 0.2) is 22.8 Å². The van der Waals surface area contributed by atoms with E-state index in [4.69, 9.17) is 9.15 Å². The largest absolute Gasteiger partial charge is 0.479 e. The number of ether oxygens (including phenoxy) is 1. The molecule has 0 amide bonds. The maximum Gasteiger partial charge on any atom is 0.311 e. The number of fused-ring (bicyclic) bond motifs is 3. The third kappa shape index (κ3) is 2.92. The second-order valence-electron chi connectivity index (χ2n) is 6.74. The topological polar surface area (TPSA) is 126 Å². The lowest BCUT2D eigenvalue weighted by Gasteiger charge is -2.05. The van der Waals surface area contributed by atoms with Gasteiger partial charge in [-0.25, -0.2) is 14.5 Å². The summed E-state index contributed by atoms with van der Waals surface area (Å²) in [6, 6.07) is 8.25. The predicted molar refractivity (Wildman–Crippen MR) is 105 cm³/mol. The Morgan fingerprint density at radius 1 is 1.23 bits per heavy atom. The van der Waals surface area contributed by atoms with Crippen LogP contribution in [-0.4, -0.2) is 34.3 Å². The lowest BCUT2D eigenvalue weighted by molar-refractivity contribution is -0.386. The van der Waals surface area contributed by atoms with Gasteiger partial charge < -0.3 is 9.15 Å². The highest BCUT2D eigenvalue weighted by Gasteiger charge is 2.17. The maximum absolute atomic E-state index is 11.2. The van der Waals surface area contributed by atoms with E-state index < -0.39 is 4.92 Å². The highest BCUT2D eigenvalue weighted by atomic mass is 16.6. The molecule has 11 heteroatoms. The zero-order valence-electron chi connectivity index (χ0n) is 16.0. The monoisotopic (exact) mass is 405 g/mol. The van der Waals surface area contributed by atoms with Gasteiger partial charge >= 0.3 is 5.69 Å². The van der Waals surface area contributed by atoms with Gasteiger partial charge in [-0.05, 0) is 30.7 Å². The standard InChI is InChI=1S/C19H15N7O4/c1-11-3-5-15(14(7-11)26(27)28)29-9-12-4-6-16(30-12)17-22-19-13-8-21-24(2)18(13)20-10-25(19)23-17/h3-8,10H,9H2,1-2H3. The van der Waals surface area contributed by atoms with Crippen LogP contribution in [-0.2, 0) is 13.7 Å². The summed E-state index contributed by atoms with van der Waals surface area (Å²) in [5.74, 6) is 1.51. The molecule has 0 aliphatic heterocycles. The Morgan fingerprint density at radius 3 is 2.93 bits per heavy atom. The molecule has 0 aliphatic rings. The number of benzene rings is 1. The number of rotatable bonds is 5. The zero-order valence-corrected chi connectivity index (χ0v) is 16.0. The Hall–Kier alpha value is -4.28. The molecule has 0 spiro atoms. The zero-order chi connectivity index (χ0) is 20.8. The van der Waals surface area contributed by atoms with Gasteiger partial charge in [0.25, 0.3) is 0 Å². The number of aromatic nitrogens is 6. The van der Waals surface area contributed by atoms with E-state index >= 15 is 0 Å². The highest BCUT2D eigenvalue weighted by molar-refractivity contribution is 5.88. The van der Waals surface area contributed by atoms with E-state index in [2.05, 4.69) is 20.2 Å². The summed E-state index contributed by atoms with van der Waals surface area (Å²) in [7, 11) is 1.81. The number of hydrogen-bond donors (Lipinski definition) is 0. The van der Waals surface area contributed by atoms with E-state index in [-0.39, 0.29) is 18.0 Å². The van der Waals surface area contributed by atoms with E-state index in [9.17, 15) is 10.1 Å². The Kier molecular flexibility index (Phi) is 3.95. The molecule has 0 saturated heterocycles. The lowest BCUT2D eigenvalue weighted by atomic mass is 10.2. The molecule has 0 fully saturated rings. The summed E-state index contributed by atoms with van der Waals surface area (Å²) in [5.41, 5.74) is 2.02. The van der Waals surface area contributed by atoms with Crippen molar-refractivity contribution in [3.63, 3.8) is 0 Å². The molecular weight excluding hydrogens is 390 g/mol. The molecule has 4 heterocycles. The molecule has 0 unspecified atom stereocenters. The van der Waals surface area contributed by atoms with Gasteiger partial charge in [0, 0.05) is 13.1 Å². The molecule has 5 aromatic rings. The fourth-order valence-corrected chi connectivity index (χ4v) is 3.16. The van der Waals surface area contributed by atoms with Crippen LogP contribution in [0.5, 0.6) is 5.75 Å². The fraction of sp³-hybridized carbons (Fsp3) is 0.158. The van der Waals surface area contributed by atoms with Crippen LogP contribution in [0.15, 0.2) is 47.3 Å². The smallest absolute Gasteiger partial charge is 0.311 e. The summed E-state index contributed by atoms with van der Waals surface area (Å²) in [5, 5.41) is 20.6. The molecule has 0 radical (unpaired) electrons. The van der Waals surface area contributed by atoms with Crippen LogP contribution >= 0.6 is 0 Å². The van der Waals surface area contributed by atoms with Gasteiger partial charge in [-0.1, -0.05) is 6.07 Å². The molecule has 4 aromatic heterocycles. The molecule has 0 aliphatic carbocycles. The Balaban J connectivity index is 1.41. The van der Waals surface area contributed by atoms with Crippen molar-refractivity contribution in [2.75, 3.05) is 0 Å². The quantitative estimate of drug-likeness (QED) is 0.322. The molecule has 0 saturated carbocycles. The van der Waals surface area contributed by atoms with Crippen LogP contribution in [0.1, 0.15) is 11.3 Å². The second kappa shape index (κ2) is 6.65. The fourth-order valence-electron chi connectivity index (χ4n) is 3.16. The van der Waals surface area contributed by atoms with Crippen molar-refractivity contribution >= 4 is 22.4 Å². The van der Waals surface area contributed by atoms with Crippen molar-refractivity contribution < 1.29 is 14.1 Å². The summed E-state index contributed by atoms with van der Waals surface area (Å²) < 4.78 is 14.6. The van der Waals surface area contributed by atoms with Crippen LogP contribution in [0.4, 0.5) is 5.69 Å². The number of furan rings is 1. The second-order valence-corrected chi connectivity index (χ2v) is 6.74.